The zero-order chi connectivity index (χ0) is 21.0. The van der Waals surface area contributed by atoms with Crippen molar-refractivity contribution < 1.29 is 9.47 Å². The van der Waals surface area contributed by atoms with Crippen molar-refractivity contribution >= 4 is 11.6 Å². The highest BCUT2D eigenvalue weighted by Gasteiger charge is 2.28. The van der Waals surface area contributed by atoms with E-state index in [-0.39, 0.29) is 0 Å². The van der Waals surface area contributed by atoms with Crippen LogP contribution < -0.4 is 4.74 Å². The lowest BCUT2D eigenvalue weighted by Crippen LogP contribution is -2.38. The quantitative estimate of drug-likeness (QED) is 0.547. The van der Waals surface area contributed by atoms with Crippen LogP contribution in [0.25, 0.3) is 0 Å². The van der Waals surface area contributed by atoms with Gasteiger partial charge in [0, 0.05) is 31.3 Å². The summed E-state index contributed by atoms with van der Waals surface area (Å²) in [6.07, 6.45) is 13.1. The number of halogens is 1. The Kier molecular flexibility index (Phi) is 6.45. The van der Waals surface area contributed by atoms with Crippen molar-refractivity contribution in [3.05, 3.63) is 88.5 Å². The first-order chi connectivity index (χ1) is 15.2. The van der Waals surface area contributed by atoms with Gasteiger partial charge in [0.2, 0.25) is 0 Å². The molecule has 2 unspecified atom stereocenters. The number of hydrogen-bond acceptors (Lipinski definition) is 3. The van der Waals surface area contributed by atoms with Crippen molar-refractivity contribution in [3.63, 3.8) is 0 Å². The topological polar surface area (TPSA) is 21.7 Å². The molecule has 3 atom stereocenters. The van der Waals surface area contributed by atoms with Gasteiger partial charge in [-0.15, -0.1) is 0 Å². The third kappa shape index (κ3) is 5.23. The van der Waals surface area contributed by atoms with Gasteiger partial charge < -0.3 is 9.47 Å². The fourth-order valence-electron chi connectivity index (χ4n) is 4.81. The molecule has 5 rings (SSSR count). The molecule has 2 aromatic rings. The van der Waals surface area contributed by atoms with Crippen LogP contribution in [-0.4, -0.2) is 30.7 Å². The zero-order valence-electron chi connectivity index (χ0n) is 17.9. The van der Waals surface area contributed by atoms with Gasteiger partial charge in [-0.3, -0.25) is 4.90 Å². The lowest BCUT2D eigenvalue weighted by atomic mass is 9.82. The first kappa shape index (κ1) is 20.8. The summed E-state index contributed by atoms with van der Waals surface area (Å²) in [6.45, 7) is 4.72. The third-order valence-electron chi connectivity index (χ3n) is 6.76. The molecule has 4 heteroatoms. The van der Waals surface area contributed by atoms with Gasteiger partial charge in [0.05, 0.1) is 6.10 Å². The van der Waals surface area contributed by atoms with Crippen molar-refractivity contribution in [1.29, 1.82) is 0 Å². The smallest absolute Gasteiger partial charge is 0.120 e. The molecule has 0 aromatic heterocycles. The van der Waals surface area contributed by atoms with Crippen LogP contribution in [0.15, 0.2) is 66.8 Å². The van der Waals surface area contributed by atoms with Gasteiger partial charge in [0.25, 0.3) is 0 Å². The van der Waals surface area contributed by atoms with E-state index in [1.54, 1.807) is 0 Å². The molecule has 1 fully saturated rings. The van der Waals surface area contributed by atoms with Crippen LogP contribution in [0.3, 0.4) is 0 Å². The number of hydrogen-bond donors (Lipinski definition) is 0. The molecule has 0 radical (unpaired) electrons. The maximum absolute atomic E-state index is 6.07. The van der Waals surface area contributed by atoms with E-state index in [0.29, 0.717) is 24.5 Å². The molecule has 0 amide bonds. The van der Waals surface area contributed by atoms with E-state index >= 15 is 0 Å². The predicted molar refractivity (Wildman–Crippen MR) is 125 cm³/mol. The first-order valence-electron chi connectivity index (χ1n) is 11.4. The number of benzene rings is 2. The third-order valence-corrected chi connectivity index (χ3v) is 7.01. The van der Waals surface area contributed by atoms with E-state index in [4.69, 9.17) is 21.1 Å². The molecular formula is C27H30ClNO2. The summed E-state index contributed by atoms with van der Waals surface area (Å²) in [5.74, 6) is 2.10. The zero-order valence-corrected chi connectivity index (χ0v) is 18.6. The largest absolute Gasteiger partial charge is 0.489 e. The molecule has 162 valence electrons. The second-order valence-corrected chi connectivity index (χ2v) is 9.38. The van der Waals surface area contributed by atoms with Crippen LogP contribution in [0, 0.1) is 11.8 Å². The molecule has 0 bridgehead atoms. The second kappa shape index (κ2) is 9.60. The van der Waals surface area contributed by atoms with Gasteiger partial charge in [-0.1, -0.05) is 54.1 Å². The number of ether oxygens (including phenoxy) is 2. The van der Waals surface area contributed by atoms with Crippen LogP contribution in [0.2, 0.25) is 5.02 Å². The first-order valence-corrected chi connectivity index (χ1v) is 11.8. The van der Waals surface area contributed by atoms with Crippen molar-refractivity contribution in [1.82, 2.24) is 4.90 Å². The molecule has 31 heavy (non-hydrogen) atoms. The van der Waals surface area contributed by atoms with Gasteiger partial charge in [-0.2, -0.15) is 0 Å². The Bertz CT molecular complexity index is 948. The second-order valence-electron chi connectivity index (χ2n) is 8.95. The Morgan fingerprint density at radius 1 is 1.00 bits per heavy atom. The van der Waals surface area contributed by atoms with Gasteiger partial charge in [0.15, 0.2) is 0 Å². The summed E-state index contributed by atoms with van der Waals surface area (Å²) in [4.78, 5) is 2.61. The summed E-state index contributed by atoms with van der Waals surface area (Å²) in [6, 6.07) is 14.4. The summed E-state index contributed by atoms with van der Waals surface area (Å²) in [7, 11) is 0. The van der Waals surface area contributed by atoms with Crippen LogP contribution in [0.5, 0.6) is 5.75 Å². The van der Waals surface area contributed by atoms with Crippen LogP contribution in [-0.2, 0) is 24.3 Å². The average Bonchev–Trinajstić information content (AvgIpc) is 2.76. The SMILES string of the molecule is Clc1ccc(COc2ccc3c(c2)CN(CC2C=CC=C[C@@H]2CC2CCO2)CC3)cc1. The minimum atomic E-state index is 0.464. The van der Waals surface area contributed by atoms with Crippen LogP contribution in [0.1, 0.15) is 29.5 Å². The maximum Gasteiger partial charge on any atom is 0.120 e. The fraction of sp³-hybridized carbons (Fsp3) is 0.407. The van der Waals surface area contributed by atoms with Gasteiger partial charge in [-0.05, 0) is 72.1 Å². The van der Waals surface area contributed by atoms with E-state index in [1.807, 2.05) is 24.3 Å². The van der Waals surface area contributed by atoms with Crippen LogP contribution >= 0.6 is 11.6 Å². The summed E-state index contributed by atoms with van der Waals surface area (Å²) in [5.41, 5.74) is 3.98. The number of allylic oxidation sites excluding steroid dienone is 3. The molecule has 2 aromatic carbocycles. The Hall–Kier alpha value is -2.07. The number of fused-ring (bicyclic) bond motifs is 1. The predicted octanol–water partition coefficient (Wildman–Crippen LogP) is 5.81. The average molecular weight is 436 g/mol. The summed E-state index contributed by atoms with van der Waals surface area (Å²) < 4.78 is 11.8. The Labute approximate surface area is 190 Å². The minimum Gasteiger partial charge on any atom is -0.489 e. The fourth-order valence-corrected chi connectivity index (χ4v) is 4.93. The molecule has 2 heterocycles. The Morgan fingerprint density at radius 3 is 2.58 bits per heavy atom. The Morgan fingerprint density at radius 2 is 1.81 bits per heavy atom. The molecular weight excluding hydrogens is 406 g/mol. The van der Waals surface area contributed by atoms with Gasteiger partial charge >= 0.3 is 0 Å². The van der Waals surface area contributed by atoms with Crippen molar-refractivity contribution in [2.45, 2.75) is 38.5 Å². The monoisotopic (exact) mass is 435 g/mol. The lowest BCUT2D eigenvalue weighted by molar-refractivity contribution is -0.0628. The van der Waals surface area contributed by atoms with E-state index in [0.717, 1.165) is 55.4 Å². The number of rotatable bonds is 7. The molecule has 1 aliphatic carbocycles. The molecule has 3 aliphatic rings. The minimum absolute atomic E-state index is 0.464. The van der Waals surface area contributed by atoms with Crippen LogP contribution in [0.4, 0.5) is 0 Å². The highest BCUT2D eigenvalue weighted by Crippen LogP contribution is 2.31. The normalized spacial score (nSPS) is 25.1. The lowest BCUT2D eigenvalue weighted by Gasteiger charge is -2.36. The van der Waals surface area contributed by atoms with Gasteiger partial charge in [-0.25, -0.2) is 0 Å². The maximum atomic E-state index is 6.07. The number of nitrogens with zero attached hydrogens (tertiary/aromatic N) is 1. The van der Waals surface area contributed by atoms with Crippen molar-refractivity contribution in [3.8, 4) is 5.75 Å². The summed E-state index contributed by atoms with van der Waals surface area (Å²) >= 11 is 5.98. The standard InChI is InChI=1S/C27H30ClNO2/c28-25-8-5-20(6-9-25)19-31-26-10-7-21-11-13-29(18-24(21)16-26)17-23-4-2-1-3-22(23)15-27-12-14-30-27/h1-10,16,22-23,27H,11-15,17-19H2/t22-,23?,27?/m1/s1. The van der Waals surface area contributed by atoms with Crippen molar-refractivity contribution in [2.75, 3.05) is 19.7 Å². The highest BCUT2D eigenvalue weighted by molar-refractivity contribution is 6.30. The van der Waals surface area contributed by atoms with E-state index in [9.17, 15) is 0 Å². The molecule has 0 saturated carbocycles. The summed E-state index contributed by atoms with van der Waals surface area (Å²) in [5, 5.41) is 0.753. The molecule has 0 N–H and O–H groups in total. The van der Waals surface area contributed by atoms with E-state index in [1.165, 1.54) is 17.5 Å². The Balaban J connectivity index is 1.20. The molecule has 2 aliphatic heterocycles. The molecule has 0 spiro atoms. The molecule has 1 saturated heterocycles. The van der Waals surface area contributed by atoms with Gasteiger partial charge in [0.1, 0.15) is 12.4 Å². The molecule has 3 nitrogen and oxygen atoms in total. The van der Waals surface area contributed by atoms with E-state index in [2.05, 4.69) is 47.4 Å². The van der Waals surface area contributed by atoms with Crippen molar-refractivity contribution in [2.24, 2.45) is 11.8 Å². The highest BCUT2D eigenvalue weighted by atomic mass is 35.5. The van der Waals surface area contributed by atoms with E-state index < -0.39 is 0 Å².